The zero-order chi connectivity index (χ0) is 23.5. The van der Waals surface area contributed by atoms with Gasteiger partial charge in [0.2, 0.25) is 11.8 Å². The number of nitrogens with one attached hydrogen (secondary N) is 2. The fourth-order valence-corrected chi connectivity index (χ4v) is 8.23. The van der Waals surface area contributed by atoms with Gasteiger partial charge in [-0.1, -0.05) is 24.3 Å². The van der Waals surface area contributed by atoms with Gasteiger partial charge in [-0.05, 0) is 47.9 Å². The van der Waals surface area contributed by atoms with Crippen LogP contribution < -0.4 is 10.6 Å². The van der Waals surface area contributed by atoms with Gasteiger partial charge in [-0.3, -0.25) is 14.4 Å². The predicted octanol–water partition coefficient (Wildman–Crippen LogP) is 4.97. The number of esters is 1. The number of carbonyl (C=O) groups is 3. The van der Waals surface area contributed by atoms with Gasteiger partial charge in [-0.15, -0.1) is 23.1 Å². The van der Waals surface area contributed by atoms with Crippen LogP contribution in [0.5, 0.6) is 0 Å². The highest BCUT2D eigenvalue weighted by molar-refractivity contribution is 8.01. The molecule has 6 nitrogen and oxygen atoms in total. The van der Waals surface area contributed by atoms with Gasteiger partial charge in [-0.2, -0.15) is 0 Å². The molecule has 170 valence electrons. The number of fused-ring (bicyclic) bond motifs is 3. The number of ether oxygens (including phenoxy) is 1. The number of anilines is 2. The van der Waals surface area contributed by atoms with Gasteiger partial charge >= 0.3 is 5.97 Å². The molecule has 1 aromatic heterocycles. The van der Waals surface area contributed by atoms with Crippen LogP contribution in [0.3, 0.4) is 0 Å². The van der Waals surface area contributed by atoms with Crippen LogP contribution in [0.4, 0.5) is 11.4 Å². The number of carbonyl (C=O) groups excluding carboxylic acids is 3. The first-order chi connectivity index (χ1) is 16.5. The third kappa shape index (κ3) is 2.78. The molecule has 8 heteroatoms. The Morgan fingerprint density at radius 1 is 1.09 bits per heavy atom. The smallest absolute Gasteiger partial charge is 0.324 e. The molecule has 3 unspecified atom stereocenters. The summed E-state index contributed by atoms with van der Waals surface area (Å²) in [7, 11) is 0. The van der Waals surface area contributed by atoms with Gasteiger partial charge < -0.3 is 15.4 Å². The van der Waals surface area contributed by atoms with Crippen molar-refractivity contribution in [3.8, 4) is 0 Å². The third-order valence-corrected chi connectivity index (χ3v) is 9.41. The molecule has 2 aromatic carbocycles. The Balaban J connectivity index is 1.53. The van der Waals surface area contributed by atoms with E-state index >= 15 is 0 Å². The van der Waals surface area contributed by atoms with E-state index in [1.165, 1.54) is 18.7 Å². The van der Waals surface area contributed by atoms with Crippen LogP contribution in [0.1, 0.15) is 28.8 Å². The van der Waals surface area contributed by atoms with E-state index in [2.05, 4.69) is 10.6 Å². The van der Waals surface area contributed by atoms with Crippen molar-refractivity contribution in [2.24, 2.45) is 5.41 Å². The van der Waals surface area contributed by atoms with Gasteiger partial charge in [0.1, 0.15) is 15.9 Å². The molecule has 4 heterocycles. The highest BCUT2D eigenvalue weighted by atomic mass is 32.2. The highest BCUT2D eigenvalue weighted by Gasteiger charge is 2.74. The van der Waals surface area contributed by atoms with Crippen LogP contribution >= 0.6 is 23.1 Å². The maximum Gasteiger partial charge on any atom is 0.324 e. The lowest BCUT2D eigenvalue weighted by molar-refractivity contribution is -0.147. The molecule has 0 saturated carbocycles. The molecule has 0 aliphatic carbocycles. The molecule has 3 aliphatic rings. The van der Waals surface area contributed by atoms with Crippen molar-refractivity contribution in [1.29, 1.82) is 0 Å². The van der Waals surface area contributed by atoms with Crippen LogP contribution in [0.25, 0.3) is 5.76 Å². The number of amides is 2. The monoisotopic (exact) mass is 488 g/mol. The lowest BCUT2D eigenvalue weighted by Crippen LogP contribution is -2.49. The maximum absolute atomic E-state index is 13.9. The van der Waals surface area contributed by atoms with Crippen molar-refractivity contribution >= 4 is 58.0 Å². The summed E-state index contributed by atoms with van der Waals surface area (Å²) in [5.41, 5.74) is 1.73. The SMILES string of the molecule is CC(=O)Nc1ccc(C2=CC3(C(=O)O2)C(c2cccs2)CSC32C(=O)Nc3ccccc32)cc1. The van der Waals surface area contributed by atoms with Gasteiger partial charge in [0.05, 0.1) is 0 Å². The first-order valence-electron chi connectivity index (χ1n) is 10.9. The average Bonchev–Trinajstić information content (AvgIpc) is 3.58. The van der Waals surface area contributed by atoms with Crippen molar-refractivity contribution in [3.63, 3.8) is 0 Å². The van der Waals surface area contributed by atoms with Crippen molar-refractivity contribution in [1.82, 2.24) is 0 Å². The molecule has 2 amide bonds. The Kier molecular flexibility index (Phi) is 4.72. The Morgan fingerprint density at radius 2 is 1.88 bits per heavy atom. The molecule has 2 spiro atoms. The topological polar surface area (TPSA) is 84.5 Å². The summed E-state index contributed by atoms with van der Waals surface area (Å²) in [6.07, 6.45) is 1.87. The summed E-state index contributed by atoms with van der Waals surface area (Å²) in [4.78, 5) is 40.0. The molecule has 34 heavy (non-hydrogen) atoms. The standard InChI is InChI=1S/C26H20N2O4S2/c1-15(29)27-17-10-8-16(9-11-17)21-13-25(24(31)32-21)19(22-7-4-12-33-22)14-34-26(25)18-5-2-3-6-20(18)28-23(26)30/h2-13,19H,14H2,1H3,(H,27,29)(H,28,30). The minimum atomic E-state index is -1.19. The number of hydrogen-bond acceptors (Lipinski definition) is 6. The molecule has 3 aliphatic heterocycles. The molecule has 3 atom stereocenters. The first kappa shape index (κ1) is 21.2. The zero-order valence-electron chi connectivity index (χ0n) is 18.2. The van der Waals surface area contributed by atoms with Crippen molar-refractivity contribution in [2.75, 3.05) is 16.4 Å². The number of para-hydroxylation sites is 1. The minimum absolute atomic E-state index is 0.159. The van der Waals surface area contributed by atoms with Crippen LogP contribution in [0.2, 0.25) is 0 Å². The lowest BCUT2D eigenvalue weighted by atomic mass is 9.64. The maximum atomic E-state index is 13.9. The second-order valence-electron chi connectivity index (χ2n) is 8.59. The van der Waals surface area contributed by atoms with E-state index in [-0.39, 0.29) is 17.7 Å². The number of cyclic esters (lactones) is 1. The number of hydrogen-bond donors (Lipinski definition) is 2. The predicted molar refractivity (Wildman–Crippen MR) is 134 cm³/mol. The zero-order valence-corrected chi connectivity index (χ0v) is 19.8. The van der Waals surface area contributed by atoms with E-state index in [4.69, 9.17) is 4.74 Å². The van der Waals surface area contributed by atoms with Gasteiger partial charge in [0.25, 0.3) is 0 Å². The summed E-state index contributed by atoms with van der Waals surface area (Å²) in [6, 6.07) is 18.7. The number of thioether (sulfide) groups is 1. The first-order valence-corrected chi connectivity index (χ1v) is 12.7. The molecular formula is C26H20N2O4S2. The van der Waals surface area contributed by atoms with Crippen LogP contribution in [0, 0.1) is 5.41 Å². The average molecular weight is 489 g/mol. The van der Waals surface area contributed by atoms with Gasteiger partial charge in [-0.25, -0.2) is 0 Å². The summed E-state index contributed by atoms with van der Waals surface area (Å²) in [6.45, 7) is 1.45. The molecule has 3 aromatic rings. The summed E-state index contributed by atoms with van der Waals surface area (Å²) < 4.78 is 4.81. The second kappa shape index (κ2) is 7.58. The van der Waals surface area contributed by atoms with E-state index in [0.717, 1.165) is 16.1 Å². The van der Waals surface area contributed by atoms with Crippen molar-refractivity contribution in [2.45, 2.75) is 17.6 Å². The highest BCUT2D eigenvalue weighted by Crippen LogP contribution is 2.70. The van der Waals surface area contributed by atoms with Crippen LogP contribution in [0.15, 0.2) is 72.1 Å². The second-order valence-corrected chi connectivity index (χ2v) is 10.8. The Morgan fingerprint density at radius 3 is 2.62 bits per heavy atom. The Hall–Kier alpha value is -3.36. The molecule has 1 fully saturated rings. The van der Waals surface area contributed by atoms with Gasteiger partial charge in [0, 0.05) is 46.0 Å². The quantitative estimate of drug-likeness (QED) is 0.509. The number of benzene rings is 2. The molecular weight excluding hydrogens is 468 g/mol. The minimum Gasteiger partial charge on any atom is -0.425 e. The van der Waals surface area contributed by atoms with E-state index in [0.29, 0.717) is 22.8 Å². The van der Waals surface area contributed by atoms with E-state index < -0.39 is 16.1 Å². The third-order valence-electron chi connectivity index (χ3n) is 6.75. The van der Waals surface area contributed by atoms with E-state index in [1.54, 1.807) is 35.6 Å². The van der Waals surface area contributed by atoms with Crippen LogP contribution in [-0.4, -0.2) is 23.5 Å². The van der Waals surface area contributed by atoms with Gasteiger partial charge in [0.15, 0.2) is 0 Å². The van der Waals surface area contributed by atoms with E-state index in [9.17, 15) is 14.4 Å². The van der Waals surface area contributed by atoms with E-state index in [1.807, 2.05) is 47.9 Å². The largest absolute Gasteiger partial charge is 0.425 e. The summed E-state index contributed by atoms with van der Waals surface area (Å²) in [5, 5.41) is 7.75. The molecule has 2 N–H and O–H groups in total. The molecule has 0 radical (unpaired) electrons. The number of rotatable bonds is 3. The Bertz CT molecular complexity index is 1370. The fourth-order valence-electron chi connectivity index (χ4n) is 5.32. The Labute approximate surface area is 204 Å². The van der Waals surface area contributed by atoms with Crippen molar-refractivity contribution in [3.05, 3.63) is 88.1 Å². The normalized spacial score (nSPS) is 27.0. The lowest BCUT2D eigenvalue weighted by Gasteiger charge is -2.36. The summed E-state index contributed by atoms with van der Waals surface area (Å²) >= 11 is 3.11. The molecule has 0 bridgehead atoms. The van der Waals surface area contributed by atoms with Crippen molar-refractivity contribution < 1.29 is 19.1 Å². The number of thiophene rings is 1. The molecule has 6 rings (SSSR count). The fraction of sp³-hybridized carbons (Fsp3) is 0.192. The van der Waals surface area contributed by atoms with Crippen LogP contribution in [-0.2, 0) is 23.9 Å². The molecule has 1 saturated heterocycles. The summed E-state index contributed by atoms with van der Waals surface area (Å²) in [5.74, 6) is 0.0746.